The third-order valence-corrected chi connectivity index (χ3v) is 3.01. The molecule has 0 atom stereocenters. The van der Waals surface area contributed by atoms with Crippen molar-refractivity contribution in [2.45, 2.75) is 18.2 Å². The highest BCUT2D eigenvalue weighted by Gasteiger charge is 2.05. The fraction of sp³-hybridized carbons (Fsp3) is 0.188. The molecule has 0 saturated carbocycles. The zero-order valence-electron chi connectivity index (χ0n) is 11.3. The predicted molar refractivity (Wildman–Crippen MR) is 83.9 cm³/mol. The fourth-order valence-electron chi connectivity index (χ4n) is 1.67. The number of anilines is 1. The first-order chi connectivity index (χ1) is 9.69. The molecule has 1 amide bonds. The second-order valence-corrected chi connectivity index (χ2v) is 4.89. The number of carbonyl (C=O) groups excluding carboxylic acids is 1. The first kappa shape index (κ1) is 14.5. The zero-order valence-corrected chi connectivity index (χ0v) is 12.2. The van der Waals surface area contributed by atoms with Gasteiger partial charge in [0.1, 0.15) is 5.75 Å². The standard InChI is InChI=1S/C16H17NO2S/c1-2-11-19-14-7-5-13(6-8-14)17-16(18)12-3-9-15(20)10-4-12/h3-10,20H,2,11H2,1H3,(H,17,18). The molecule has 1 N–H and O–H groups in total. The summed E-state index contributed by atoms with van der Waals surface area (Å²) in [5, 5.41) is 2.84. The van der Waals surface area contributed by atoms with Gasteiger partial charge in [0.05, 0.1) is 6.61 Å². The lowest BCUT2D eigenvalue weighted by molar-refractivity contribution is 0.102. The van der Waals surface area contributed by atoms with Crippen molar-refractivity contribution >= 4 is 24.2 Å². The van der Waals surface area contributed by atoms with Gasteiger partial charge in [-0.25, -0.2) is 0 Å². The van der Waals surface area contributed by atoms with Gasteiger partial charge in [-0.1, -0.05) is 6.92 Å². The summed E-state index contributed by atoms with van der Waals surface area (Å²) in [6.07, 6.45) is 0.972. The van der Waals surface area contributed by atoms with Crippen LogP contribution in [-0.4, -0.2) is 12.5 Å². The van der Waals surface area contributed by atoms with Gasteiger partial charge in [0, 0.05) is 16.1 Å². The van der Waals surface area contributed by atoms with Crippen molar-refractivity contribution in [1.29, 1.82) is 0 Å². The van der Waals surface area contributed by atoms with Gasteiger partial charge in [0.25, 0.3) is 5.91 Å². The Balaban J connectivity index is 1.99. The van der Waals surface area contributed by atoms with Crippen molar-refractivity contribution in [3.63, 3.8) is 0 Å². The zero-order chi connectivity index (χ0) is 14.4. The molecule has 0 radical (unpaired) electrons. The number of benzene rings is 2. The molecular weight excluding hydrogens is 270 g/mol. The maximum atomic E-state index is 12.0. The summed E-state index contributed by atoms with van der Waals surface area (Å²) in [5.41, 5.74) is 1.35. The maximum Gasteiger partial charge on any atom is 0.255 e. The number of rotatable bonds is 5. The molecule has 0 unspecified atom stereocenters. The average molecular weight is 287 g/mol. The number of nitrogens with one attached hydrogen (secondary N) is 1. The normalized spacial score (nSPS) is 10.1. The maximum absolute atomic E-state index is 12.0. The number of amides is 1. The van der Waals surface area contributed by atoms with E-state index in [0.29, 0.717) is 12.2 Å². The third kappa shape index (κ3) is 4.03. The Morgan fingerprint density at radius 1 is 1.10 bits per heavy atom. The summed E-state index contributed by atoms with van der Waals surface area (Å²) in [5.74, 6) is 0.671. The van der Waals surface area contributed by atoms with Crippen molar-refractivity contribution in [2.75, 3.05) is 11.9 Å². The van der Waals surface area contributed by atoms with Gasteiger partial charge < -0.3 is 10.1 Å². The number of hydrogen-bond donors (Lipinski definition) is 2. The van der Waals surface area contributed by atoms with Crippen molar-refractivity contribution in [2.24, 2.45) is 0 Å². The van der Waals surface area contributed by atoms with E-state index in [9.17, 15) is 4.79 Å². The van der Waals surface area contributed by atoms with Gasteiger partial charge in [0.2, 0.25) is 0 Å². The lowest BCUT2D eigenvalue weighted by atomic mass is 10.2. The van der Waals surface area contributed by atoms with Crippen LogP contribution in [0.2, 0.25) is 0 Å². The van der Waals surface area contributed by atoms with E-state index < -0.39 is 0 Å². The molecule has 0 aromatic heterocycles. The van der Waals surface area contributed by atoms with Gasteiger partial charge in [-0.05, 0) is 55.0 Å². The predicted octanol–water partition coefficient (Wildman–Crippen LogP) is 4.02. The van der Waals surface area contributed by atoms with E-state index in [2.05, 4.69) is 24.9 Å². The van der Waals surface area contributed by atoms with Crippen LogP contribution in [0.1, 0.15) is 23.7 Å². The molecule has 0 spiro atoms. The van der Waals surface area contributed by atoms with E-state index in [0.717, 1.165) is 22.8 Å². The molecule has 0 fully saturated rings. The van der Waals surface area contributed by atoms with E-state index in [1.807, 2.05) is 24.3 Å². The van der Waals surface area contributed by atoms with Gasteiger partial charge >= 0.3 is 0 Å². The monoisotopic (exact) mass is 287 g/mol. The Labute approximate surface area is 124 Å². The van der Waals surface area contributed by atoms with Crippen LogP contribution in [0, 0.1) is 0 Å². The number of ether oxygens (including phenoxy) is 1. The Morgan fingerprint density at radius 2 is 1.75 bits per heavy atom. The molecule has 0 aliphatic heterocycles. The van der Waals surface area contributed by atoms with Gasteiger partial charge in [-0.3, -0.25) is 4.79 Å². The largest absolute Gasteiger partial charge is 0.494 e. The molecule has 3 nitrogen and oxygen atoms in total. The summed E-state index contributed by atoms with van der Waals surface area (Å²) >= 11 is 4.19. The topological polar surface area (TPSA) is 38.3 Å². The quantitative estimate of drug-likeness (QED) is 0.815. The van der Waals surface area contributed by atoms with Gasteiger partial charge in [-0.15, -0.1) is 12.6 Å². The summed E-state index contributed by atoms with van der Waals surface area (Å²) in [6.45, 7) is 2.76. The highest BCUT2D eigenvalue weighted by Crippen LogP contribution is 2.17. The highest BCUT2D eigenvalue weighted by molar-refractivity contribution is 7.80. The molecule has 0 aliphatic carbocycles. The van der Waals surface area contributed by atoms with E-state index >= 15 is 0 Å². The summed E-state index contributed by atoms with van der Waals surface area (Å²) in [4.78, 5) is 12.8. The van der Waals surface area contributed by atoms with Crippen molar-refractivity contribution in [3.8, 4) is 5.75 Å². The minimum Gasteiger partial charge on any atom is -0.494 e. The van der Waals surface area contributed by atoms with Crippen molar-refractivity contribution in [1.82, 2.24) is 0 Å². The van der Waals surface area contributed by atoms with E-state index in [-0.39, 0.29) is 5.91 Å². The third-order valence-electron chi connectivity index (χ3n) is 2.71. The molecule has 2 aromatic carbocycles. The van der Waals surface area contributed by atoms with Crippen molar-refractivity contribution in [3.05, 3.63) is 54.1 Å². The van der Waals surface area contributed by atoms with Crippen LogP contribution < -0.4 is 10.1 Å². The van der Waals surface area contributed by atoms with E-state index in [4.69, 9.17) is 4.74 Å². The van der Waals surface area contributed by atoms with Crippen LogP contribution in [0.3, 0.4) is 0 Å². The van der Waals surface area contributed by atoms with E-state index in [1.165, 1.54) is 0 Å². The molecule has 0 bridgehead atoms. The fourth-order valence-corrected chi connectivity index (χ4v) is 1.82. The molecule has 104 valence electrons. The summed E-state index contributed by atoms with van der Waals surface area (Å²) in [7, 11) is 0. The minimum absolute atomic E-state index is 0.138. The van der Waals surface area contributed by atoms with E-state index in [1.54, 1.807) is 24.3 Å². The lowest BCUT2D eigenvalue weighted by Crippen LogP contribution is -2.11. The number of carbonyl (C=O) groups is 1. The van der Waals surface area contributed by atoms with Crippen LogP contribution in [0.4, 0.5) is 5.69 Å². The molecule has 0 aliphatic rings. The van der Waals surface area contributed by atoms with Crippen LogP contribution in [0.15, 0.2) is 53.4 Å². The molecule has 2 aromatic rings. The minimum atomic E-state index is -0.138. The Morgan fingerprint density at radius 3 is 2.35 bits per heavy atom. The summed E-state index contributed by atoms with van der Waals surface area (Å²) < 4.78 is 5.49. The second kappa shape index (κ2) is 7.01. The molecule has 0 saturated heterocycles. The second-order valence-electron chi connectivity index (χ2n) is 4.37. The molecule has 2 rings (SSSR count). The van der Waals surface area contributed by atoms with Crippen LogP contribution in [0.25, 0.3) is 0 Å². The number of hydrogen-bond acceptors (Lipinski definition) is 3. The lowest BCUT2D eigenvalue weighted by Gasteiger charge is -2.08. The Hall–Kier alpha value is -1.94. The molecule has 20 heavy (non-hydrogen) atoms. The van der Waals surface area contributed by atoms with Crippen LogP contribution >= 0.6 is 12.6 Å². The smallest absolute Gasteiger partial charge is 0.255 e. The van der Waals surface area contributed by atoms with Crippen LogP contribution in [-0.2, 0) is 0 Å². The molecule has 4 heteroatoms. The highest BCUT2D eigenvalue weighted by atomic mass is 32.1. The van der Waals surface area contributed by atoms with Gasteiger partial charge in [-0.2, -0.15) is 0 Å². The first-order valence-corrected chi connectivity index (χ1v) is 6.97. The number of thiol groups is 1. The Bertz CT molecular complexity index is 564. The Kier molecular flexibility index (Phi) is 5.07. The molecular formula is C16H17NO2S. The van der Waals surface area contributed by atoms with Gasteiger partial charge in [0.15, 0.2) is 0 Å². The first-order valence-electron chi connectivity index (χ1n) is 6.52. The average Bonchev–Trinajstić information content (AvgIpc) is 2.47. The van der Waals surface area contributed by atoms with Crippen molar-refractivity contribution < 1.29 is 9.53 Å². The van der Waals surface area contributed by atoms with Crippen LogP contribution in [0.5, 0.6) is 5.75 Å². The molecule has 0 heterocycles. The SMILES string of the molecule is CCCOc1ccc(NC(=O)c2ccc(S)cc2)cc1. The summed E-state index contributed by atoms with van der Waals surface area (Å²) in [6, 6.07) is 14.4.